The Hall–Kier alpha value is -2.57. The van der Waals surface area contributed by atoms with Crippen LogP contribution in [0.5, 0.6) is 0 Å². The van der Waals surface area contributed by atoms with Crippen LogP contribution >= 0.6 is 0 Å². The van der Waals surface area contributed by atoms with Crippen LogP contribution in [0.15, 0.2) is 24.3 Å². The number of carbonyl (C=O) groups excluding carboxylic acids is 3. The highest BCUT2D eigenvalue weighted by molar-refractivity contribution is 5.93. The summed E-state index contributed by atoms with van der Waals surface area (Å²) >= 11 is 0. The number of benzene rings is 1. The number of alkyl carbamates (subject to hydrolysis) is 1. The number of rotatable bonds is 8. The first kappa shape index (κ1) is 27.7. The minimum Gasteiger partial charge on any atom is -0.444 e. The average Bonchev–Trinajstić information content (AvgIpc) is 3.52. The first-order valence-corrected chi connectivity index (χ1v) is 12.3. The van der Waals surface area contributed by atoms with Gasteiger partial charge in [-0.2, -0.15) is 0 Å². The lowest BCUT2D eigenvalue weighted by Crippen LogP contribution is -2.57. The van der Waals surface area contributed by atoms with Crippen LogP contribution < -0.4 is 10.6 Å². The van der Waals surface area contributed by atoms with Crippen LogP contribution in [0.3, 0.4) is 0 Å². The molecule has 0 aliphatic heterocycles. The monoisotopic (exact) mass is 473 g/mol. The molecule has 7 nitrogen and oxygen atoms in total. The van der Waals surface area contributed by atoms with E-state index in [9.17, 15) is 14.4 Å². The molecule has 1 aromatic rings. The van der Waals surface area contributed by atoms with E-state index < -0.39 is 29.3 Å². The van der Waals surface area contributed by atoms with Crippen molar-refractivity contribution in [3.63, 3.8) is 0 Å². The molecule has 2 rings (SSSR count). The van der Waals surface area contributed by atoms with Gasteiger partial charge in [0, 0.05) is 11.6 Å². The van der Waals surface area contributed by atoms with E-state index in [-0.39, 0.29) is 23.8 Å². The number of carbonyl (C=O) groups is 3. The Labute approximate surface area is 205 Å². The zero-order chi connectivity index (χ0) is 25.8. The Kier molecular flexibility index (Phi) is 8.78. The molecule has 1 aliphatic carbocycles. The summed E-state index contributed by atoms with van der Waals surface area (Å²) in [5.41, 5.74) is 0.698. The number of hydrogen-bond acceptors (Lipinski definition) is 4. The molecule has 1 saturated carbocycles. The summed E-state index contributed by atoms with van der Waals surface area (Å²) < 4.78 is 5.44. The van der Waals surface area contributed by atoms with Gasteiger partial charge in [-0.25, -0.2) is 4.79 Å². The van der Waals surface area contributed by atoms with Crippen LogP contribution in [0.4, 0.5) is 4.79 Å². The van der Waals surface area contributed by atoms with Crippen molar-refractivity contribution in [3.05, 3.63) is 35.4 Å². The van der Waals surface area contributed by atoms with Crippen LogP contribution in [0, 0.1) is 12.8 Å². The van der Waals surface area contributed by atoms with Gasteiger partial charge >= 0.3 is 6.09 Å². The standard InChI is InChI=1S/C27H43N3O4/c1-10-18(3)21(28-25(33)34-27(7,8)9)24(32)30(20-15-16-20)22(23(31)29-26(4,5)6)19-13-11-17(2)12-14-19/h11-14,18,20-22H,10,15-16H2,1-9H3,(H,28,33)(H,29,31). The summed E-state index contributed by atoms with van der Waals surface area (Å²) in [6, 6.07) is 6.09. The smallest absolute Gasteiger partial charge is 0.408 e. The van der Waals surface area contributed by atoms with E-state index in [4.69, 9.17) is 4.74 Å². The van der Waals surface area contributed by atoms with Gasteiger partial charge in [0.2, 0.25) is 11.8 Å². The number of nitrogens with zero attached hydrogens (tertiary/aromatic N) is 1. The molecule has 3 atom stereocenters. The lowest BCUT2D eigenvalue weighted by atomic mass is 9.95. The Morgan fingerprint density at radius 1 is 1.06 bits per heavy atom. The summed E-state index contributed by atoms with van der Waals surface area (Å²) in [7, 11) is 0. The molecule has 1 aliphatic rings. The second-order valence-electron chi connectivity index (χ2n) is 11.5. The molecule has 34 heavy (non-hydrogen) atoms. The number of nitrogens with one attached hydrogen (secondary N) is 2. The van der Waals surface area contributed by atoms with E-state index in [0.29, 0.717) is 6.42 Å². The average molecular weight is 474 g/mol. The number of hydrogen-bond donors (Lipinski definition) is 2. The van der Waals surface area contributed by atoms with Crippen LogP contribution in [-0.4, -0.2) is 46.0 Å². The van der Waals surface area contributed by atoms with E-state index >= 15 is 0 Å². The van der Waals surface area contributed by atoms with Gasteiger partial charge in [0.1, 0.15) is 17.7 Å². The summed E-state index contributed by atoms with van der Waals surface area (Å²) in [5, 5.41) is 5.87. The molecule has 7 heteroatoms. The van der Waals surface area contributed by atoms with E-state index in [1.807, 2.05) is 65.8 Å². The first-order valence-electron chi connectivity index (χ1n) is 12.3. The first-order chi connectivity index (χ1) is 15.6. The van der Waals surface area contributed by atoms with Gasteiger partial charge in [0.05, 0.1) is 0 Å². The summed E-state index contributed by atoms with van der Waals surface area (Å²) in [4.78, 5) is 41.9. The lowest BCUT2D eigenvalue weighted by Gasteiger charge is -2.37. The van der Waals surface area contributed by atoms with E-state index in [1.54, 1.807) is 25.7 Å². The van der Waals surface area contributed by atoms with Crippen molar-refractivity contribution in [2.45, 2.75) is 111 Å². The predicted octanol–water partition coefficient (Wildman–Crippen LogP) is 4.88. The van der Waals surface area contributed by atoms with E-state index in [0.717, 1.165) is 24.0 Å². The van der Waals surface area contributed by atoms with Crippen LogP contribution in [0.2, 0.25) is 0 Å². The SMILES string of the molecule is CCC(C)C(NC(=O)OC(C)(C)C)C(=O)N(C1CC1)C(C(=O)NC(C)(C)C)c1ccc(C)cc1. The van der Waals surface area contributed by atoms with Gasteiger partial charge in [0.15, 0.2) is 0 Å². The van der Waals surface area contributed by atoms with Crippen molar-refractivity contribution < 1.29 is 19.1 Å². The highest BCUT2D eigenvalue weighted by atomic mass is 16.6. The summed E-state index contributed by atoms with van der Waals surface area (Å²) in [6.07, 6.45) is 1.72. The maximum absolute atomic E-state index is 14.1. The molecule has 2 N–H and O–H groups in total. The predicted molar refractivity (Wildman–Crippen MR) is 134 cm³/mol. The van der Waals surface area contributed by atoms with Crippen molar-refractivity contribution in [3.8, 4) is 0 Å². The highest BCUT2D eigenvalue weighted by Crippen LogP contribution is 2.36. The van der Waals surface area contributed by atoms with E-state index in [2.05, 4.69) is 10.6 Å². The number of amides is 3. The van der Waals surface area contributed by atoms with Crippen LogP contribution in [-0.2, 0) is 14.3 Å². The zero-order valence-electron chi connectivity index (χ0n) is 22.3. The third-order valence-corrected chi connectivity index (χ3v) is 5.76. The Bertz CT molecular complexity index is 863. The molecule has 0 radical (unpaired) electrons. The normalized spacial score (nSPS) is 16.7. The fraction of sp³-hybridized carbons (Fsp3) is 0.667. The third-order valence-electron chi connectivity index (χ3n) is 5.76. The molecular weight excluding hydrogens is 430 g/mol. The molecule has 3 amide bonds. The molecular formula is C27H43N3O4. The maximum atomic E-state index is 14.1. The largest absolute Gasteiger partial charge is 0.444 e. The van der Waals surface area contributed by atoms with Crippen LogP contribution in [0.1, 0.15) is 91.8 Å². The molecule has 0 bridgehead atoms. The molecule has 1 fully saturated rings. The third kappa shape index (κ3) is 8.03. The van der Waals surface area contributed by atoms with Crippen molar-refractivity contribution in [2.75, 3.05) is 0 Å². The number of aryl methyl sites for hydroxylation is 1. The van der Waals surface area contributed by atoms with Gasteiger partial charge < -0.3 is 20.3 Å². The quantitative estimate of drug-likeness (QED) is 0.563. The fourth-order valence-corrected chi connectivity index (χ4v) is 3.77. The molecule has 1 aromatic carbocycles. The summed E-state index contributed by atoms with van der Waals surface area (Å²) in [6.45, 7) is 17.0. The highest BCUT2D eigenvalue weighted by Gasteiger charge is 2.45. The molecule has 3 unspecified atom stereocenters. The second kappa shape index (κ2) is 10.8. The van der Waals surface area contributed by atoms with Crippen molar-refractivity contribution in [2.24, 2.45) is 5.92 Å². The lowest BCUT2D eigenvalue weighted by molar-refractivity contribution is -0.144. The molecule has 0 spiro atoms. The van der Waals surface area contributed by atoms with Crippen molar-refractivity contribution >= 4 is 17.9 Å². The second-order valence-corrected chi connectivity index (χ2v) is 11.5. The summed E-state index contributed by atoms with van der Waals surface area (Å²) in [5.74, 6) is -0.611. The fourth-order valence-electron chi connectivity index (χ4n) is 3.77. The molecule has 0 saturated heterocycles. The minimum absolute atomic E-state index is 0.0449. The Balaban J connectivity index is 2.47. The van der Waals surface area contributed by atoms with Gasteiger partial charge in [-0.3, -0.25) is 9.59 Å². The molecule has 0 aromatic heterocycles. The Morgan fingerprint density at radius 3 is 2.06 bits per heavy atom. The zero-order valence-corrected chi connectivity index (χ0v) is 22.3. The Morgan fingerprint density at radius 2 is 1.62 bits per heavy atom. The van der Waals surface area contributed by atoms with Gasteiger partial charge in [0.25, 0.3) is 0 Å². The number of ether oxygens (including phenoxy) is 1. The van der Waals surface area contributed by atoms with Gasteiger partial charge in [-0.1, -0.05) is 50.1 Å². The van der Waals surface area contributed by atoms with Crippen molar-refractivity contribution in [1.29, 1.82) is 0 Å². The van der Waals surface area contributed by atoms with E-state index in [1.165, 1.54) is 0 Å². The van der Waals surface area contributed by atoms with Gasteiger partial charge in [-0.05, 0) is 72.8 Å². The minimum atomic E-state index is -0.796. The van der Waals surface area contributed by atoms with Crippen molar-refractivity contribution in [1.82, 2.24) is 15.5 Å². The molecule has 190 valence electrons. The topological polar surface area (TPSA) is 87.7 Å². The van der Waals surface area contributed by atoms with Crippen LogP contribution in [0.25, 0.3) is 0 Å². The molecule has 0 heterocycles. The van der Waals surface area contributed by atoms with Gasteiger partial charge in [-0.15, -0.1) is 0 Å². The maximum Gasteiger partial charge on any atom is 0.408 e.